The van der Waals surface area contributed by atoms with Gasteiger partial charge in [-0.15, -0.1) is 6.58 Å². The number of allylic oxidation sites excluding steroid dienone is 1. The summed E-state index contributed by atoms with van der Waals surface area (Å²) in [5, 5.41) is 11.0. The molecule has 74 valence electrons. The van der Waals surface area contributed by atoms with Crippen LogP contribution in [0, 0.1) is 0 Å². The molecule has 0 spiro atoms. The lowest BCUT2D eigenvalue weighted by Gasteiger charge is -2.11. The van der Waals surface area contributed by atoms with Gasteiger partial charge in [0.1, 0.15) is 6.04 Å². The van der Waals surface area contributed by atoms with Gasteiger partial charge >= 0.3 is 5.97 Å². The molecule has 1 atom stereocenters. The first-order valence-corrected chi connectivity index (χ1v) is 4.24. The number of carboxylic acids is 1. The smallest absolute Gasteiger partial charge is 0.326 e. The highest BCUT2D eigenvalue weighted by atomic mass is 16.4. The largest absolute Gasteiger partial charge is 0.480 e. The molecule has 0 fully saturated rings. The van der Waals surface area contributed by atoms with E-state index in [0.29, 0.717) is 19.3 Å². The predicted octanol–water partition coefficient (Wildman–Crippen LogP) is 0.932. The Bertz CT molecular complexity index is 201. The second-order valence-corrected chi connectivity index (χ2v) is 2.69. The Morgan fingerprint density at radius 2 is 2.23 bits per heavy atom. The molecule has 0 aromatic rings. The molecule has 0 heterocycles. The summed E-state index contributed by atoms with van der Waals surface area (Å²) in [7, 11) is 0. The van der Waals surface area contributed by atoms with Crippen molar-refractivity contribution in [3.05, 3.63) is 12.7 Å². The Morgan fingerprint density at radius 3 is 2.62 bits per heavy atom. The third kappa shape index (κ3) is 5.00. The minimum Gasteiger partial charge on any atom is -0.480 e. The summed E-state index contributed by atoms with van der Waals surface area (Å²) in [6, 6.07) is -0.766. The van der Waals surface area contributed by atoms with Gasteiger partial charge in [0, 0.05) is 6.42 Å². The van der Waals surface area contributed by atoms with E-state index in [0.717, 1.165) is 0 Å². The standard InChI is InChI=1S/C9H15NO3/c1-3-5-6-8(11)10-7(4-2)9(12)13/h3,7H,1,4-6H2,2H3,(H,10,11)(H,12,13). The van der Waals surface area contributed by atoms with Gasteiger partial charge in [0.2, 0.25) is 5.91 Å². The molecular formula is C9H15NO3. The van der Waals surface area contributed by atoms with Gasteiger partial charge in [-0.3, -0.25) is 4.79 Å². The molecule has 0 aromatic carbocycles. The number of carboxylic acid groups (broad SMARTS) is 1. The van der Waals surface area contributed by atoms with Crippen LogP contribution in [0.25, 0.3) is 0 Å². The Hall–Kier alpha value is -1.32. The molecule has 4 nitrogen and oxygen atoms in total. The van der Waals surface area contributed by atoms with Gasteiger partial charge < -0.3 is 10.4 Å². The number of amides is 1. The van der Waals surface area contributed by atoms with Crippen molar-refractivity contribution in [3.8, 4) is 0 Å². The van der Waals surface area contributed by atoms with E-state index in [4.69, 9.17) is 5.11 Å². The van der Waals surface area contributed by atoms with Gasteiger partial charge in [0.05, 0.1) is 0 Å². The molecule has 0 aliphatic heterocycles. The van der Waals surface area contributed by atoms with Gasteiger partial charge in [-0.05, 0) is 12.8 Å². The third-order valence-electron chi connectivity index (χ3n) is 1.62. The minimum absolute atomic E-state index is 0.242. The normalized spacial score (nSPS) is 11.8. The first-order valence-electron chi connectivity index (χ1n) is 4.24. The highest BCUT2D eigenvalue weighted by Gasteiger charge is 2.16. The van der Waals surface area contributed by atoms with Crippen molar-refractivity contribution in [1.29, 1.82) is 0 Å². The number of aliphatic carboxylic acids is 1. The number of hydrogen-bond acceptors (Lipinski definition) is 2. The van der Waals surface area contributed by atoms with Gasteiger partial charge in [-0.25, -0.2) is 4.79 Å². The maximum absolute atomic E-state index is 11.1. The number of nitrogens with one attached hydrogen (secondary N) is 1. The summed E-state index contributed by atoms with van der Waals surface area (Å²) in [6.45, 7) is 5.19. The molecule has 0 radical (unpaired) electrons. The van der Waals surface area contributed by atoms with Crippen LogP contribution in [0.1, 0.15) is 26.2 Å². The molecule has 1 unspecified atom stereocenters. The zero-order chi connectivity index (χ0) is 10.3. The van der Waals surface area contributed by atoms with Gasteiger partial charge in [0.15, 0.2) is 0 Å². The van der Waals surface area contributed by atoms with E-state index in [1.165, 1.54) is 0 Å². The van der Waals surface area contributed by atoms with Crippen LogP contribution in [-0.2, 0) is 9.59 Å². The van der Waals surface area contributed by atoms with E-state index in [1.54, 1.807) is 13.0 Å². The van der Waals surface area contributed by atoms with E-state index in [-0.39, 0.29) is 5.91 Å². The van der Waals surface area contributed by atoms with Crippen LogP contribution >= 0.6 is 0 Å². The van der Waals surface area contributed by atoms with Crippen molar-refractivity contribution in [1.82, 2.24) is 5.32 Å². The molecule has 0 aliphatic rings. The summed E-state index contributed by atoms with van der Waals surface area (Å²) in [6.07, 6.45) is 2.89. The molecule has 0 aliphatic carbocycles. The van der Waals surface area contributed by atoms with E-state index in [1.807, 2.05) is 0 Å². The molecule has 2 N–H and O–H groups in total. The summed E-state index contributed by atoms with van der Waals surface area (Å²) in [5.41, 5.74) is 0. The Kier molecular flexibility index (Phi) is 5.59. The van der Waals surface area contributed by atoms with E-state index in [9.17, 15) is 9.59 Å². The van der Waals surface area contributed by atoms with E-state index >= 15 is 0 Å². The Labute approximate surface area is 77.6 Å². The molecule has 4 heteroatoms. The number of rotatable bonds is 6. The van der Waals surface area contributed by atoms with Crippen LogP contribution in [-0.4, -0.2) is 23.0 Å². The predicted molar refractivity (Wildman–Crippen MR) is 49.3 cm³/mol. The van der Waals surface area contributed by atoms with Crippen LogP contribution in [0.2, 0.25) is 0 Å². The Morgan fingerprint density at radius 1 is 1.62 bits per heavy atom. The second-order valence-electron chi connectivity index (χ2n) is 2.69. The number of carbonyl (C=O) groups excluding carboxylic acids is 1. The summed E-state index contributed by atoms with van der Waals surface area (Å²) < 4.78 is 0. The lowest BCUT2D eigenvalue weighted by molar-refractivity contribution is -0.141. The molecular weight excluding hydrogens is 170 g/mol. The van der Waals surface area contributed by atoms with E-state index < -0.39 is 12.0 Å². The zero-order valence-electron chi connectivity index (χ0n) is 7.75. The van der Waals surface area contributed by atoms with Crippen molar-refractivity contribution in [2.24, 2.45) is 0 Å². The number of hydrogen-bond donors (Lipinski definition) is 2. The molecule has 0 aromatic heterocycles. The van der Waals surface area contributed by atoms with Gasteiger partial charge in [-0.2, -0.15) is 0 Å². The lowest BCUT2D eigenvalue weighted by Crippen LogP contribution is -2.40. The summed E-state index contributed by atoms with van der Waals surface area (Å²) in [4.78, 5) is 21.6. The van der Waals surface area contributed by atoms with Gasteiger partial charge in [0.25, 0.3) is 0 Å². The van der Waals surface area contributed by atoms with Crippen molar-refractivity contribution < 1.29 is 14.7 Å². The summed E-state index contributed by atoms with van der Waals surface area (Å²) >= 11 is 0. The van der Waals surface area contributed by atoms with Crippen molar-refractivity contribution in [2.75, 3.05) is 0 Å². The van der Waals surface area contributed by atoms with Crippen molar-refractivity contribution >= 4 is 11.9 Å². The van der Waals surface area contributed by atoms with Crippen LogP contribution in [0.15, 0.2) is 12.7 Å². The lowest BCUT2D eigenvalue weighted by atomic mass is 10.2. The highest BCUT2D eigenvalue weighted by Crippen LogP contribution is 1.94. The fourth-order valence-electron chi connectivity index (χ4n) is 0.838. The maximum Gasteiger partial charge on any atom is 0.326 e. The molecule has 0 saturated heterocycles. The number of carbonyl (C=O) groups is 2. The average molecular weight is 185 g/mol. The third-order valence-corrected chi connectivity index (χ3v) is 1.62. The zero-order valence-corrected chi connectivity index (χ0v) is 7.75. The minimum atomic E-state index is -0.991. The molecule has 0 rings (SSSR count). The van der Waals surface area contributed by atoms with Gasteiger partial charge in [-0.1, -0.05) is 13.0 Å². The molecule has 1 amide bonds. The van der Waals surface area contributed by atoms with Crippen LogP contribution in [0.5, 0.6) is 0 Å². The maximum atomic E-state index is 11.1. The quantitative estimate of drug-likeness (QED) is 0.605. The topological polar surface area (TPSA) is 66.4 Å². The molecule has 0 bridgehead atoms. The van der Waals surface area contributed by atoms with Crippen LogP contribution < -0.4 is 5.32 Å². The highest BCUT2D eigenvalue weighted by molar-refractivity contribution is 5.83. The fraction of sp³-hybridized carbons (Fsp3) is 0.556. The van der Waals surface area contributed by atoms with E-state index in [2.05, 4.69) is 11.9 Å². The SMILES string of the molecule is C=CCCC(=O)NC(CC)C(=O)O. The molecule has 0 saturated carbocycles. The first-order chi connectivity index (χ1) is 6.11. The second kappa shape index (κ2) is 6.22. The fourth-order valence-corrected chi connectivity index (χ4v) is 0.838. The van der Waals surface area contributed by atoms with Crippen molar-refractivity contribution in [2.45, 2.75) is 32.2 Å². The monoisotopic (exact) mass is 185 g/mol. The Balaban J connectivity index is 3.86. The van der Waals surface area contributed by atoms with Crippen LogP contribution in [0.3, 0.4) is 0 Å². The average Bonchev–Trinajstić information content (AvgIpc) is 2.10. The van der Waals surface area contributed by atoms with Crippen molar-refractivity contribution in [3.63, 3.8) is 0 Å². The van der Waals surface area contributed by atoms with Crippen LogP contribution in [0.4, 0.5) is 0 Å². The molecule has 13 heavy (non-hydrogen) atoms. The summed E-state index contributed by atoms with van der Waals surface area (Å²) in [5.74, 6) is -1.23. The first kappa shape index (κ1) is 11.7.